The average molecular weight is 380 g/mol. The van der Waals surface area contributed by atoms with E-state index in [0.29, 0.717) is 6.04 Å². The molecule has 2 fully saturated rings. The van der Waals surface area contributed by atoms with Crippen molar-refractivity contribution in [2.45, 2.75) is 46.1 Å². The van der Waals surface area contributed by atoms with Gasteiger partial charge < -0.3 is 15.5 Å². The SMILES string of the molecule is CC1(C)CC2CC(C)(CN2C(=O)CNC(=O)Nc2cccc3ccccc23)C1. The van der Waals surface area contributed by atoms with Gasteiger partial charge in [0, 0.05) is 18.0 Å². The van der Waals surface area contributed by atoms with Crippen LogP contribution in [0.5, 0.6) is 0 Å². The predicted octanol–water partition coefficient (Wildman–Crippen LogP) is 4.39. The number of rotatable bonds is 3. The number of hydrogen-bond acceptors (Lipinski definition) is 2. The highest BCUT2D eigenvalue weighted by Gasteiger charge is 2.50. The van der Waals surface area contributed by atoms with Gasteiger partial charge in [-0.25, -0.2) is 4.79 Å². The molecule has 148 valence electrons. The zero-order chi connectivity index (χ0) is 19.9. The monoisotopic (exact) mass is 379 g/mol. The number of nitrogens with one attached hydrogen (secondary N) is 2. The lowest BCUT2D eigenvalue weighted by molar-refractivity contribution is -0.131. The molecule has 1 aliphatic heterocycles. The van der Waals surface area contributed by atoms with Crippen molar-refractivity contribution in [3.63, 3.8) is 0 Å². The highest BCUT2D eigenvalue weighted by molar-refractivity contribution is 6.02. The zero-order valence-electron chi connectivity index (χ0n) is 16.9. The number of hydrogen-bond donors (Lipinski definition) is 2. The van der Waals surface area contributed by atoms with E-state index in [-0.39, 0.29) is 29.3 Å². The number of nitrogens with zero attached hydrogens (tertiary/aromatic N) is 1. The van der Waals surface area contributed by atoms with Crippen LogP contribution in [0, 0.1) is 10.8 Å². The summed E-state index contributed by atoms with van der Waals surface area (Å²) in [5.74, 6) is 0.0134. The molecule has 2 bridgehead atoms. The number of urea groups is 1. The van der Waals surface area contributed by atoms with Gasteiger partial charge in [-0.1, -0.05) is 57.2 Å². The molecular weight excluding hydrogens is 350 g/mol. The fourth-order valence-corrected chi connectivity index (χ4v) is 5.51. The zero-order valence-corrected chi connectivity index (χ0v) is 16.9. The van der Waals surface area contributed by atoms with Gasteiger partial charge >= 0.3 is 6.03 Å². The number of carbonyl (C=O) groups excluding carboxylic acids is 2. The second-order valence-electron chi connectivity index (χ2n) is 9.57. The van der Waals surface area contributed by atoms with E-state index in [1.165, 1.54) is 0 Å². The van der Waals surface area contributed by atoms with Crippen LogP contribution in [0.15, 0.2) is 42.5 Å². The van der Waals surface area contributed by atoms with Gasteiger partial charge in [0.05, 0.1) is 12.2 Å². The van der Waals surface area contributed by atoms with Crippen LogP contribution in [0.25, 0.3) is 10.8 Å². The summed E-state index contributed by atoms with van der Waals surface area (Å²) in [4.78, 5) is 27.2. The van der Waals surface area contributed by atoms with Crippen LogP contribution >= 0.6 is 0 Å². The molecule has 0 spiro atoms. The van der Waals surface area contributed by atoms with E-state index < -0.39 is 0 Å². The number of fused-ring (bicyclic) bond motifs is 3. The molecule has 1 heterocycles. The van der Waals surface area contributed by atoms with Crippen LogP contribution < -0.4 is 10.6 Å². The van der Waals surface area contributed by atoms with Crippen LogP contribution in [-0.4, -0.2) is 36.0 Å². The first-order valence-electron chi connectivity index (χ1n) is 10.1. The Bertz CT molecular complexity index is 918. The van der Waals surface area contributed by atoms with E-state index in [1.54, 1.807) is 0 Å². The largest absolute Gasteiger partial charge is 0.338 e. The normalized spacial score (nSPS) is 25.5. The molecule has 0 aromatic heterocycles. The fraction of sp³-hybridized carbons (Fsp3) is 0.478. The number of anilines is 1. The average Bonchev–Trinajstić information content (AvgIpc) is 2.89. The van der Waals surface area contributed by atoms with Gasteiger partial charge in [0.2, 0.25) is 5.91 Å². The quantitative estimate of drug-likeness (QED) is 0.831. The number of likely N-dealkylation sites (tertiary alicyclic amines) is 1. The van der Waals surface area contributed by atoms with Gasteiger partial charge in [0.15, 0.2) is 0 Å². The highest BCUT2D eigenvalue weighted by atomic mass is 16.2. The Hall–Kier alpha value is -2.56. The minimum absolute atomic E-state index is 0.0134. The van der Waals surface area contributed by atoms with Gasteiger partial charge in [-0.2, -0.15) is 0 Å². The summed E-state index contributed by atoms with van der Waals surface area (Å²) in [5.41, 5.74) is 1.22. The Balaban J connectivity index is 1.37. The highest BCUT2D eigenvalue weighted by Crippen LogP contribution is 2.52. The van der Waals surface area contributed by atoms with E-state index in [2.05, 4.69) is 31.4 Å². The smallest absolute Gasteiger partial charge is 0.319 e. The first kappa shape index (κ1) is 18.8. The molecule has 2 N–H and O–H groups in total. The predicted molar refractivity (Wildman–Crippen MR) is 112 cm³/mol. The Morgan fingerprint density at radius 2 is 1.82 bits per heavy atom. The Labute approximate surface area is 166 Å². The van der Waals surface area contributed by atoms with Crippen LogP contribution in [-0.2, 0) is 4.79 Å². The van der Waals surface area contributed by atoms with Crippen molar-refractivity contribution < 1.29 is 9.59 Å². The number of carbonyl (C=O) groups is 2. The van der Waals surface area contributed by atoms with Crippen molar-refractivity contribution in [3.8, 4) is 0 Å². The summed E-state index contributed by atoms with van der Waals surface area (Å²) < 4.78 is 0. The molecule has 1 saturated heterocycles. The van der Waals surface area contributed by atoms with Crippen LogP contribution in [0.3, 0.4) is 0 Å². The maximum Gasteiger partial charge on any atom is 0.319 e. The molecule has 3 amide bonds. The molecule has 4 rings (SSSR count). The van der Waals surface area contributed by atoms with Gasteiger partial charge in [-0.15, -0.1) is 0 Å². The molecular formula is C23H29N3O2. The lowest BCUT2D eigenvalue weighted by Gasteiger charge is -2.39. The third-order valence-corrected chi connectivity index (χ3v) is 6.17. The minimum Gasteiger partial charge on any atom is -0.338 e. The summed E-state index contributed by atoms with van der Waals surface area (Å²) in [6.07, 6.45) is 3.26. The molecule has 2 aromatic carbocycles. The third-order valence-electron chi connectivity index (χ3n) is 6.17. The van der Waals surface area contributed by atoms with Crippen LogP contribution in [0.4, 0.5) is 10.5 Å². The Kier molecular flexibility index (Phi) is 4.56. The third kappa shape index (κ3) is 3.71. The first-order valence-corrected chi connectivity index (χ1v) is 10.1. The van der Waals surface area contributed by atoms with Crippen molar-refractivity contribution >= 4 is 28.4 Å². The van der Waals surface area contributed by atoms with Crippen LogP contribution in [0.1, 0.15) is 40.0 Å². The topological polar surface area (TPSA) is 61.4 Å². The number of benzene rings is 2. The lowest BCUT2D eigenvalue weighted by Crippen LogP contribution is -2.44. The van der Waals surface area contributed by atoms with E-state index in [4.69, 9.17) is 0 Å². The summed E-state index contributed by atoms with van der Waals surface area (Å²) in [5, 5.41) is 7.67. The molecule has 1 aliphatic carbocycles. The minimum atomic E-state index is -0.349. The maximum absolute atomic E-state index is 12.8. The summed E-state index contributed by atoms with van der Waals surface area (Å²) >= 11 is 0. The molecule has 5 nitrogen and oxygen atoms in total. The lowest BCUT2D eigenvalue weighted by atomic mass is 9.65. The maximum atomic E-state index is 12.8. The summed E-state index contributed by atoms with van der Waals surface area (Å²) in [6.45, 7) is 7.70. The van der Waals surface area contributed by atoms with Gasteiger partial charge in [0.25, 0.3) is 0 Å². The molecule has 0 radical (unpaired) electrons. The second-order valence-corrected chi connectivity index (χ2v) is 9.57. The van der Waals surface area contributed by atoms with E-state index in [1.807, 2.05) is 47.4 Å². The molecule has 5 heteroatoms. The molecule has 28 heavy (non-hydrogen) atoms. The van der Waals surface area contributed by atoms with Crippen molar-refractivity contribution in [2.24, 2.45) is 10.8 Å². The van der Waals surface area contributed by atoms with E-state index >= 15 is 0 Å². The standard InChI is InChI=1S/C23H29N3O2/c1-22(2)11-17-12-23(3,14-22)15-26(17)20(27)13-24-21(28)25-19-10-6-8-16-7-4-5-9-18(16)19/h4-10,17H,11-15H2,1-3H3,(H2,24,25,28). The first-order chi connectivity index (χ1) is 13.2. The van der Waals surface area contributed by atoms with Crippen molar-refractivity contribution in [1.82, 2.24) is 10.2 Å². The molecule has 1 saturated carbocycles. The van der Waals surface area contributed by atoms with E-state index in [0.717, 1.165) is 42.3 Å². The molecule has 2 atom stereocenters. The fourth-order valence-electron chi connectivity index (χ4n) is 5.51. The molecule has 2 aliphatic rings. The van der Waals surface area contributed by atoms with E-state index in [9.17, 15) is 9.59 Å². The summed E-state index contributed by atoms with van der Waals surface area (Å²) in [6, 6.07) is 13.6. The van der Waals surface area contributed by atoms with Gasteiger partial charge in [-0.05, 0) is 41.5 Å². The van der Waals surface area contributed by atoms with Crippen LogP contribution in [0.2, 0.25) is 0 Å². The van der Waals surface area contributed by atoms with Gasteiger partial charge in [0.1, 0.15) is 0 Å². The van der Waals surface area contributed by atoms with Crippen molar-refractivity contribution in [3.05, 3.63) is 42.5 Å². The Morgan fingerprint density at radius 3 is 2.64 bits per heavy atom. The van der Waals surface area contributed by atoms with Gasteiger partial charge in [-0.3, -0.25) is 4.79 Å². The molecule has 2 aromatic rings. The Morgan fingerprint density at radius 1 is 1.07 bits per heavy atom. The van der Waals surface area contributed by atoms with Crippen molar-refractivity contribution in [2.75, 3.05) is 18.4 Å². The second kappa shape index (κ2) is 6.80. The number of amides is 3. The van der Waals surface area contributed by atoms with Crippen molar-refractivity contribution in [1.29, 1.82) is 0 Å². The summed E-state index contributed by atoms with van der Waals surface area (Å²) in [7, 11) is 0. The molecule has 2 unspecified atom stereocenters.